The number of alkyl halides is 3. The first kappa shape index (κ1) is 17.8. The largest absolute Gasteiger partial charge is 0.389 e. The lowest BCUT2D eigenvalue weighted by molar-refractivity contribution is -0.134. The number of aryl methyl sites for hydroxylation is 1. The lowest BCUT2D eigenvalue weighted by Gasteiger charge is -2.10. The van der Waals surface area contributed by atoms with Crippen LogP contribution in [0.2, 0.25) is 0 Å². The molecule has 0 aromatic carbocycles. The minimum absolute atomic E-state index is 0.195. The molecule has 0 amide bonds. The average molecular weight is 364 g/mol. The molecule has 0 spiro atoms. The molecule has 0 radical (unpaired) electrons. The van der Waals surface area contributed by atoms with Gasteiger partial charge in [-0.25, -0.2) is 9.97 Å². The Morgan fingerprint density at radius 1 is 1.12 bits per heavy atom. The second-order valence-corrected chi connectivity index (χ2v) is 5.54. The van der Waals surface area contributed by atoms with Gasteiger partial charge < -0.3 is 9.84 Å². The van der Waals surface area contributed by atoms with E-state index in [9.17, 15) is 13.2 Å². The number of hydrogen-bond acceptors (Lipinski definition) is 7. The van der Waals surface area contributed by atoms with Gasteiger partial charge in [-0.05, 0) is 31.5 Å². The molecule has 0 saturated carbocycles. The van der Waals surface area contributed by atoms with Crippen molar-refractivity contribution in [3.05, 3.63) is 48.4 Å². The molecule has 0 aliphatic carbocycles. The normalized spacial score (nSPS) is 12.8. The molecule has 1 N–H and O–H groups in total. The van der Waals surface area contributed by atoms with Gasteiger partial charge >= 0.3 is 6.18 Å². The van der Waals surface area contributed by atoms with Crippen LogP contribution < -0.4 is 5.32 Å². The third kappa shape index (κ3) is 4.74. The smallest absolute Gasteiger partial charge is 0.343 e. The summed E-state index contributed by atoms with van der Waals surface area (Å²) in [6.45, 7) is 1.76. The average Bonchev–Trinajstić information content (AvgIpc) is 3.11. The molecule has 0 saturated heterocycles. The van der Waals surface area contributed by atoms with Crippen molar-refractivity contribution in [1.29, 1.82) is 0 Å². The van der Waals surface area contributed by atoms with E-state index in [1.54, 1.807) is 31.5 Å². The minimum Gasteiger partial charge on any atom is -0.343 e. The van der Waals surface area contributed by atoms with E-state index < -0.39 is 18.6 Å². The lowest BCUT2D eigenvalue weighted by Crippen LogP contribution is -2.12. The summed E-state index contributed by atoms with van der Waals surface area (Å²) < 4.78 is 42.2. The molecule has 0 fully saturated rings. The van der Waals surface area contributed by atoms with Crippen molar-refractivity contribution in [1.82, 2.24) is 25.1 Å². The Morgan fingerprint density at radius 2 is 1.88 bits per heavy atom. The highest BCUT2D eigenvalue weighted by Gasteiger charge is 2.26. The van der Waals surface area contributed by atoms with Gasteiger partial charge in [-0.15, -0.1) is 0 Å². The molecule has 3 aromatic heterocycles. The Hall–Kier alpha value is -3.04. The Balaban J connectivity index is 1.67. The molecule has 3 heterocycles. The molecule has 3 rings (SSSR count). The van der Waals surface area contributed by atoms with Crippen LogP contribution in [0.1, 0.15) is 31.0 Å². The van der Waals surface area contributed by atoms with Gasteiger partial charge in [0.2, 0.25) is 17.7 Å². The van der Waals surface area contributed by atoms with Gasteiger partial charge in [-0.3, -0.25) is 4.98 Å². The van der Waals surface area contributed by atoms with Crippen LogP contribution in [0.15, 0.2) is 41.3 Å². The number of rotatable bonds is 6. The van der Waals surface area contributed by atoms with Crippen molar-refractivity contribution in [2.45, 2.75) is 32.0 Å². The first-order chi connectivity index (χ1) is 12.4. The van der Waals surface area contributed by atoms with Gasteiger partial charge in [-0.2, -0.15) is 18.2 Å². The molecule has 26 heavy (non-hydrogen) atoms. The van der Waals surface area contributed by atoms with E-state index in [1.807, 2.05) is 0 Å². The van der Waals surface area contributed by atoms with Crippen LogP contribution in [0.4, 0.5) is 19.1 Å². The highest BCUT2D eigenvalue weighted by molar-refractivity contribution is 5.52. The minimum atomic E-state index is -4.22. The fourth-order valence-electron chi connectivity index (χ4n) is 2.16. The van der Waals surface area contributed by atoms with Crippen molar-refractivity contribution >= 4 is 5.95 Å². The van der Waals surface area contributed by atoms with Crippen molar-refractivity contribution in [3.63, 3.8) is 0 Å². The maximum Gasteiger partial charge on any atom is 0.389 e. The Kier molecular flexibility index (Phi) is 5.10. The quantitative estimate of drug-likeness (QED) is 0.715. The fourth-order valence-corrected chi connectivity index (χ4v) is 2.16. The van der Waals surface area contributed by atoms with Crippen LogP contribution in [0.25, 0.3) is 11.4 Å². The zero-order valence-electron chi connectivity index (χ0n) is 13.7. The molecule has 136 valence electrons. The molecule has 7 nitrogen and oxygen atoms in total. The van der Waals surface area contributed by atoms with E-state index in [0.29, 0.717) is 17.4 Å². The molecule has 10 heteroatoms. The van der Waals surface area contributed by atoms with Crippen molar-refractivity contribution < 1.29 is 17.7 Å². The van der Waals surface area contributed by atoms with Crippen LogP contribution in [0.3, 0.4) is 0 Å². The second kappa shape index (κ2) is 7.46. The SMILES string of the molecule is CC(Nc1nccc(CCC(F)(F)F)n1)c1nc(-c2ccncc2)no1. The highest BCUT2D eigenvalue weighted by atomic mass is 19.4. The van der Waals surface area contributed by atoms with Crippen molar-refractivity contribution in [3.8, 4) is 11.4 Å². The monoisotopic (exact) mass is 364 g/mol. The maximum absolute atomic E-state index is 12.3. The number of halogens is 3. The fraction of sp³-hybridized carbons (Fsp3) is 0.312. The van der Waals surface area contributed by atoms with Gasteiger partial charge in [-0.1, -0.05) is 5.16 Å². The number of anilines is 1. The molecule has 1 atom stereocenters. The maximum atomic E-state index is 12.3. The van der Waals surface area contributed by atoms with Crippen molar-refractivity contribution in [2.75, 3.05) is 5.32 Å². The summed E-state index contributed by atoms with van der Waals surface area (Å²) in [5.41, 5.74) is 1.06. The summed E-state index contributed by atoms with van der Waals surface area (Å²) in [6.07, 6.45) is -0.719. The predicted molar refractivity (Wildman–Crippen MR) is 86.0 cm³/mol. The Labute approximate surface area is 146 Å². The van der Waals surface area contributed by atoms with Crippen LogP contribution in [-0.4, -0.2) is 31.3 Å². The molecule has 3 aromatic rings. The van der Waals surface area contributed by atoms with E-state index in [4.69, 9.17) is 4.52 Å². The van der Waals surface area contributed by atoms with Gasteiger partial charge in [0, 0.05) is 36.3 Å². The predicted octanol–water partition coefficient (Wildman–Crippen LogP) is 3.59. The topological polar surface area (TPSA) is 89.6 Å². The third-order valence-corrected chi connectivity index (χ3v) is 3.47. The summed E-state index contributed by atoms with van der Waals surface area (Å²) in [4.78, 5) is 16.3. The molecule has 0 bridgehead atoms. The number of hydrogen-bond donors (Lipinski definition) is 1. The van der Waals surface area contributed by atoms with Crippen LogP contribution in [0.5, 0.6) is 0 Å². The van der Waals surface area contributed by atoms with E-state index in [0.717, 1.165) is 5.56 Å². The molecular weight excluding hydrogens is 349 g/mol. The van der Waals surface area contributed by atoms with Crippen LogP contribution >= 0.6 is 0 Å². The van der Waals surface area contributed by atoms with Crippen LogP contribution in [0, 0.1) is 0 Å². The van der Waals surface area contributed by atoms with Gasteiger partial charge in [0.25, 0.3) is 0 Å². The number of nitrogens with zero attached hydrogens (tertiary/aromatic N) is 5. The standard InChI is InChI=1S/C16H15F3N6O/c1-10(14-24-13(25-26-14)11-3-7-20-8-4-11)22-15-21-9-5-12(23-15)2-6-16(17,18)19/h3-5,7-10H,2,6H2,1H3,(H,21,22,23). The van der Waals surface area contributed by atoms with Crippen LogP contribution in [-0.2, 0) is 6.42 Å². The Bertz CT molecular complexity index is 852. The first-order valence-corrected chi connectivity index (χ1v) is 7.80. The van der Waals surface area contributed by atoms with Crippen molar-refractivity contribution in [2.24, 2.45) is 0 Å². The third-order valence-electron chi connectivity index (χ3n) is 3.47. The van der Waals surface area contributed by atoms with E-state index >= 15 is 0 Å². The summed E-state index contributed by atoms with van der Waals surface area (Å²) in [5.74, 6) is 0.915. The van der Waals surface area contributed by atoms with Gasteiger partial charge in [0.05, 0.1) is 0 Å². The second-order valence-electron chi connectivity index (χ2n) is 5.54. The van der Waals surface area contributed by atoms with Gasteiger partial charge in [0.15, 0.2) is 0 Å². The molecule has 0 aliphatic heterocycles. The zero-order chi connectivity index (χ0) is 18.6. The molecular formula is C16H15F3N6O. The van der Waals surface area contributed by atoms with E-state index in [-0.39, 0.29) is 12.4 Å². The summed E-state index contributed by atoms with van der Waals surface area (Å²) in [5, 5.41) is 6.85. The summed E-state index contributed by atoms with van der Waals surface area (Å²) in [6, 6.07) is 4.53. The Morgan fingerprint density at radius 3 is 2.62 bits per heavy atom. The first-order valence-electron chi connectivity index (χ1n) is 7.80. The summed E-state index contributed by atoms with van der Waals surface area (Å²) >= 11 is 0. The number of nitrogens with one attached hydrogen (secondary N) is 1. The summed E-state index contributed by atoms with van der Waals surface area (Å²) in [7, 11) is 0. The van der Waals surface area contributed by atoms with E-state index in [2.05, 4.69) is 30.4 Å². The van der Waals surface area contributed by atoms with Gasteiger partial charge in [0.1, 0.15) is 6.04 Å². The number of aromatic nitrogens is 5. The number of pyridine rings is 1. The van der Waals surface area contributed by atoms with E-state index in [1.165, 1.54) is 12.3 Å². The lowest BCUT2D eigenvalue weighted by atomic mass is 10.2. The zero-order valence-corrected chi connectivity index (χ0v) is 13.7. The molecule has 0 aliphatic rings. The molecule has 1 unspecified atom stereocenters. The highest BCUT2D eigenvalue weighted by Crippen LogP contribution is 2.22.